The van der Waals surface area contributed by atoms with Crippen LogP contribution in [0.2, 0.25) is 0 Å². The molecular weight excluding hydrogens is 252 g/mol. The molecule has 1 aromatic rings. The fraction of sp³-hybridized carbons (Fsp3) is 0.500. The summed E-state index contributed by atoms with van der Waals surface area (Å²) in [7, 11) is 0. The van der Waals surface area contributed by atoms with E-state index >= 15 is 0 Å². The third kappa shape index (κ3) is 2.53. The zero-order valence-electron chi connectivity index (χ0n) is 11.1. The molecule has 106 valence electrons. The topological polar surface area (TPSA) is 126 Å². The summed E-state index contributed by atoms with van der Waals surface area (Å²) >= 11 is 0. The molecule has 0 aliphatic carbocycles. The normalized spacial score (nSPS) is 15.8. The number of ether oxygens (including phenoxy) is 1. The van der Waals surface area contributed by atoms with Gasteiger partial charge in [-0.15, -0.1) is 0 Å². The summed E-state index contributed by atoms with van der Waals surface area (Å²) in [6.45, 7) is 4.80. The lowest BCUT2D eigenvalue weighted by Crippen LogP contribution is -2.50. The quantitative estimate of drug-likeness (QED) is 0.408. The van der Waals surface area contributed by atoms with Crippen molar-refractivity contribution in [2.75, 3.05) is 6.61 Å². The standard InChI is InChI=1S/C12H18N2O5/c1-4-19-12(18,10(16)11(13)17)9-6(2)8(5-15)14-7(9)3/h5,10,14,16,18H,4H2,1-3H3,(H2,13,17). The molecule has 0 saturated heterocycles. The fourth-order valence-electron chi connectivity index (χ4n) is 2.13. The molecule has 1 heterocycles. The number of aldehydes is 1. The largest absolute Gasteiger partial charge is 0.378 e. The third-order valence-corrected chi connectivity index (χ3v) is 2.96. The van der Waals surface area contributed by atoms with Gasteiger partial charge < -0.3 is 25.7 Å². The second-order valence-electron chi connectivity index (χ2n) is 4.22. The molecule has 0 bridgehead atoms. The van der Waals surface area contributed by atoms with E-state index in [0.717, 1.165) is 0 Å². The van der Waals surface area contributed by atoms with Crippen LogP contribution in [0, 0.1) is 13.8 Å². The molecule has 1 rings (SSSR count). The van der Waals surface area contributed by atoms with Crippen molar-refractivity contribution in [1.82, 2.24) is 4.98 Å². The van der Waals surface area contributed by atoms with Crippen molar-refractivity contribution in [3.8, 4) is 0 Å². The van der Waals surface area contributed by atoms with E-state index in [4.69, 9.17) is 10.5 Å². The molecule has 0 spiro atoms. The maximum atomic E-state index is 11.1. The molecule has 2 unspecified atom stereocenters. The predicted molar refractivity (Wildman–Crippen MR) is 66.4 cm³/mol. The first-order valence-electron chi connectivity index (χ1n) is 5.78. The molecule has 5 N–H and O–H groups in total. The maximum Gasteiger partial charge on any atom is 0.252 e. The van der Waals surface area contributed by atoms with Crippen LogP contribution in [0.15, 0.2) is 0 Å². The highest BCUT2D eigenvalue weighted by atomic mass is 16.6. The van der Waals surface area contributed by atoms with Crippen molar-refractivity contribution in [3.05, 3.63) is 22.5 Å². The van der Waals surface area contributed by atoms with Gasteiger partial charge in [-0.2, -0.15) is 0 Å². The van der Waals surface area contributed by atoms with Crippen LogP contribution in [-0.2, 0) is 15.3 Å². The Kier molecular flexibility index (Phi) is 4.46. The highest BCUT2D eigenvalue weighted by Gasteiger charge is 2.45. The molecule has 0 aromatic carbocycles. The van der Waals surface area contributed by atoms with Crippen molar-refractivity contribution in [1.29, 1.82) is 0 Å². The molecule has 2 atom stereocenters. The van der Waals surface area contributed by atoms with Crippen LogP contribution in [0.25, 0.3) is 0 Å². The fourth-order valence-corrected chi connectivity index (χ4v) is 2.13. The van der Waals surface area contributed by atoms with Gasteiger partial charge in [0.15, 0.2) is 12.4 Å². The number of primary amides is 1. The number of aromatic amines is 1. The Balaban J connectivity index is 3.46. The van der Waals surface area contributed by atoms with Crippen LogP contribution in [0.3, 0.4) is 0 Å². The van der Waals surface area contributed by atoms with Gasteiger partial charge in [-0.25, -0.2) is 0 Å². The molecule has 0 saturated carbocycles. The number of rotatable bonds is 6. The van der Waals surface area contributed by atoms with Gasteiger partial charge in [0.25, 0.3) is 5.91 Å². The number of nitrogens with two attached hydrogens (primary N) is 1. The molecular formula is C12H18N2O5. The first kappa shape index (κ1) is 15.4. The lowest BCUT2D eigenvalue weighted by atomic mass is 9.95. The predicted octanol–water partition coefficient (Wildman–Crippen LogP) is -0.528. The van der Waals surface area contributed by atoms with Crippen LogP contribution < -0.4 is 5.73 Å². The average molecular weight is 270 g/mol. The number of hydrogen-bond acceptors (Lipinski definition) is 5. The van der Waals surface area contributed by atoms with Crippen LogP contribution in [0.1, 0.15) is 34.2 Å². The van der Waals surface area contributed by atoms with E-state index in [1.165, 1.54) is 0 Å². The first-order valence-corrected chi connectivity index (χ1v) is 5.78. The molecule has 0 fully saturated rings. The number of aromatic nitrogens is 1. The van der Waals surface area contributed by atoms with Crippen molar-refractivity contribution < 1.29 is 24.5 Å². The summed E-state index contributed by atoms with van der Waals surface area (Å²) in [5.74, 6) is -3.41. The number of carbonyl (C=O) groups excluding carboxylic acids is 2. The van der Waals surface area contributed by atoms with Gasteiger partial charge in [-0.1, -0.05) is 0 Å². The van der Waals surface area contributed by atoms with E-state index in [1.807, 2.05) is 0 Å². The Bertz CT molecular complexity index is 497. The number of nitrogens with one attached hydrogen (secondary N) is 1. The second kappa shape index (κ2) is 5.52. The number of carbonyl (C=O) groups is 2. The minimum absolute atomic E-state index is 0.0430. The van der Waals surface area contributed by atoms with Crippen LogP contribution in [0.5, 0.6) is 0 Å². The first-order chi connectivity index (χ1) is 8.79. The molecule has 7 heteroatoms. The SMILES string of the molecule is CCOC(O)(c1c(C)[nH]c(C=O)c1C)C(O)C(N)=O. The van der Waals surface area contributed by atoms with Gasteiger partial charge in [-0.3, -0.25) is 9.59 Å². The van der Waals surface area contributed by atoms with E-state index in [9.17, 15) is 19.8 Å². The molecule has 0 radical (unpaired) electrons. The van der Waals surface area contributed by atoms with Gasteiger partial charge >= 0.3 is 0 Å². The molecule has 19 heavy (non-hydrogen) atoms. The summed E-state index contributed by atoms with van der Waals surface area (Å²) in [6, 6.07) is 0. The number of aryl methyl sites for hydroxylation is 1. The zero-order valence-corrected chi connectivity index (χ0v) is 11.1. The minimum atomic E-state index is -2.29. The molecule has 0 aliphatic rings. The van der Waals surface area contributed by atoms with Gasteiger partial charge in [-0.05, 0) is 26.3 Å². The lowest BCUT2D eigenvalue weighted by Gasteiger charge is -2.31. The Morgan fingerprint density at radius 1 is 1.58 bits per heavy atom. The monoisotopic (exact) mass is 270 g/mol. The van der Waals surface area contributed by atoms with Gasteiger partial charge in [0, 0.05) is 17.9 Å². The smallest absolute Gasteiger partial charge is 0.252 e. The number of aliphatic hydroxyl groups excluding tert-OH is 1. The lowest BCUT2D eigenvalue weighted by molar-refractivity contribution is -0.258. The number of hydrogen-bond donors (Lipinski definition) is 4. The summed E-state index contributed by atoms with van der Waals surface area (Å²) in [5, 5.41) is 20.3. The van der Waals surface area contributed by atoms with E-state index in [0.29, 0.717) is 17.5 Å². The highest BCUT2D eigenvalue weighted by Crippen LogP contribution is 2.33. The second-order valence-corrected chi connectivity index (χ2v) is 4.22. The van der Waals surface area contributed by atoms with E-state index in [1.54, 1.807) is 20.8 Å². The Labute approximate surface area is 110 Å². The van der Waals surface area contributed by atoms with Crippen LogP contribution in [0.4, 0.5) is 0 Å². The maximum absolute atomic E-state index is 11.1. The number of amides is 1. The molecule has 1 amide bonds. The van der Waals surface area contributed by atoms with Gasteiger partial charge in [0.2, 0.25) is 5.79 Å². The Hall–Kier alpha value is -1.70. The average Bonchev–Trinajstić information content (AvgIpc) is 2.63. The molecule has 7 nitrogen and oxygen atoms in total. The summed E-state index contributed by atoms with van der Waals surface area (Å²) < 4.78 is 5.13. The van der Waals surface area contributed by atoms with Crippen LogP contribution >= 0.6 is 0 Å². The van der Waals surface area contributed by atoms with Crippen LogP contribution in [-0.4, -0.2) is 40.1 Å². The van der Waals surface area contributed by atoms with E-state index in [2.05, 4.69) is 4.98 Å². The Morgan fingerprint density at radius 2 is 2.16 bits per heavy atom. The molecule has 0 aliphatic heterocycles. The number of aliphatic hydroxyl groups is 2. The highest BCUT2D eigenvalue weighted by molar-refractivity contribution is 5.81. The van der Waals surface area contributed by atoms with E-state index in [-0.39, 0.29) is 17.9 Å². The van der Waals surface area contributed by atoms with E-state index < -0.39 is 17.8 Å². The summed E-state index contributed by atoms with van der Waals surface area (Å²) in [6.07, 6.45) is -1.37. The van der Waals surface area contributed by atoms with Gasteiger partial charge in [0.1, 0.15) is 0 Å². The summed E-state index contributed by atoms with van der Waals surface area (Å²) in [5.41, 5.74) is 6.21. The minimum Gasteiger partial charge on any atom is -0.378 e. The van der Waals surface area contributed by atoms with Crippen molar-refractivity contribution in [3.63, 3.8) is 0 Å². The van der Waals surface area contributed by atoms with Crippen molar-refractivity contribution in [2.24, 2.45) is 5.73 Å². The van der Waals surface area contributed by atoms with Crippen molar-refractivity contribution in [2.45, 2.75) is 32.7 Å². The number of H-pyrrole nitrogens is 1. The third-order valence-electron chi connectivity index (χ3n) is 2.96. The Morgan fingerprint density at radius 3 is 2.53 bits per heavy atom. The zero-order chi connectivity index (χ0) is 14.8. The summed E-state index contributed by atoms with van der Waals surface area (Å²) in [4.78, 5) is 24.8. The van der Waals surface area contributed by atoms with Crippen molar-refractivity contribution >= 4 is 12.2 Å². The molecule has 1 aromatic heterocycles. The van der Waals surface area contributed by atoms with Gasteiger partial charge in [0.05, 0.1) is 5.69 Å².